The molecule has 322 valence electrons. The molecule has 0 radical (unpaired) electrons. The molecule has 1 aliphatic carbocycles. The molecule has 1 aliphatic rings. The minimum atomic E-state index is -0.205. The lowest BCUT2D eigenvalue weighted by molar-refractivity contribution is 0.662. The second-order valence-electron chi connectivity index (χ2n) is 19.3. The quantitative estimate of drug-likeness (QED) is 0.177. The molecule has 14 aromatic rings. The maximum atomic E-state index is 5.45. The maximum absolute atomic E-state index is 5.45. The van der Waals surface area contributed by atoms with Crippen molar-refractivity contribution in [1.29, 1.82) is 0 Å². The van der Waals surface area contributed by atoms with E-state index in [2.05, 4.69) is 235 Å². The summed E-state index contributed by atoms with van der Waals surface area (Å²) in [6, 6.07) is 80.0. The number of fused-ring (bicyclic) bond motifs is 14. The fourth-order valence-corrected chi connectivity index (χ4v) is 12.1. The molecule has 0 aliphatic heterocycles. The lowest BCUT2D eigenvalue weighted by Crippen LogP contribution is -2.16. The van der Waals surface area contributed by atoms with Gasteiger partial charge in [-0.05, 0) is 104 Å². The van der Waals surface area contributed by atoms with Gasteiger partial charge in [0.05, 0.1) is 50.2 Å². The summed E-state index contributed by atoms with van der Waals surface area (Å²) >= 11 is 0. The van der Waals surface area contributed by atoms with E-state index < -0.39 is 0 Å². The van der Waals surface area contributed by atoms with E-state index >= 15 is 0 Å². The van der Waals surface area contributed by atoms with Crippen LogP contribution in [-0.4, -0.2) is 19.1 Å². The van der Waals surface area contributed by atoms with E-state index in [4.69, 9.17) is 9.97 Å². The fourth-order valence-electron chi connectivity index (χ4n) is 12.1. The molecular weight excluding hydrogens is 837 g/mol. The molecule has 0 saturated heterocycles. The summed E-state index contributed by atoms with van der Waals surface area (Å²) in [5.74, 6) is 0. The molecule has 0 N–H and O–H groups in total. The third kappa shape index (κ3) is 5.40. The Morgan fingerprint density at radius 1 is 0.362 bits per heavy atom. The average molecular weight is 879 g/mol. The largest absolute Gasteiger partial charge is 0.309 e. The molecule has 69 heavy (non-hydrogen) atoms. The second-order valence-corrected chi connectivity index (χ2v) is 19.3. The fraction of sp³-hybridized carbons (Fsp3) is 0.0462. The Bertz CT molecular complexity index is 4530. The third-order valence-corrected chi connectivity index (χ3v) is 15.2. The van der Waals surface area contributed by atoms with Crippen molar-refractivity contribution in [1.82, 2.24) is 19.1 Å². The van der Waals surface area contributed by atoms with E-state index in [0.717, 1.165) is 50.3 Å². The first kappa shape index (κ1) is 38.3. The van der Waals surface area contributed by atoms with Gasteiger partial charge in [-0.1, -0.05) is 172 Å². The van der Waals surface area contributed by atoms with Gasteiger partial charge in [-0.15, -0.1) is 0 Å². The Balaban J connectivity index is 0.906. The summed E-state index contributed by atoms with van der Waals surface area (Å²) in [4.78, 5) is 10.9. The van der Waals surface area contributed by atoms with Crippen LogP contribution in [0.4, 0.5) is 0 Å². The first-order valence-electron chi connectivity index (χ1n) is 23.9. The molecule has 0 fully saturated rings. The van der Waals surface area contributed by atoms with Gasteiger partial charge in [0.2, 0.25) is 0 Å². The number of rotatable bonds is 4. The van der Waals surface area contributed by atoms with Crippen LogP contribution in [0.25, 0.3) is 132 Å². The minimum Gasteiger partial charge on any atom is -0.309 e. The molecule has 3 aromatic heterocycles. The van der Waals surface area contributed by atoms with E-state index in [0.29, 0.717) is 0 Å². The van der Waals surface area contributed by atoms with Crippen LogP contribution in [-0.2, 0) is 5.41 Å². The van der Waals surface area contributed by atoms with Crippen molar-refractivity contribution >= 4 is 87.0 Å². The number of benzene rings is 11. The van der Waals surface area contributed by atoms with Crippen LogP contribution in [0, 0.1) is 0 Å². The van der Waals surface area contributed by atoms with Crippen molar-refractivity contribution in [3.8, 4) is 45.0 Å². The van der Waals surface area contributed by atoms with E-state index in [-0.39, 0.29) is 5.41 Å². The zero-order valence-electron chi connectivity index (χ0n) is 38.1. The first-order valence-corrected chi connectivity index (χ1v) is 23.9. The molecule has 15 rings (SSSR count). The standard InChI is InChI=1S/C65H42N4/c1-65(2)54-23-8-5-18-47(54)50-21-14-22-52(61(50)65)63-62(66-55-24-9-10-25-56(55)67-63)42-31-33-45-41(35-42)16-13-28-57(45)69-59-27-12-7-20-49(59)53-37-43-36-44(32-29-40(43)38-60(53)69)68-58-26-11-6-19-48(58)51-34-30-39-15-3-4-17-46(39)64(51)68/h3-38H,1-2H3. The SMILES string of the molecule is CC1(C)c2ccccc2-c2cccc(-c3nc4ccccc4nc3-c3ccc4c(-n5c6ccccc6c6cc7cc(-n8c9ccccc9c9ccc%10ccccc%10c98)ccc7cc65)cccc4c3)c21. The van der Waals surface area contributed by atoms with Crippen LogP contribution in [0.1, 0.15) is 25.0 Å². The first-order chi connectivity index (χ1) is 34.0. The summed E-state index contributed by atoms with van der Waals surface area (Å²) in [5.41, 5.74) is 17.9. The lowest BCUT2D eigenvalue weighted by atomic mass is 9.79. The van der Waals surface area contributed by atoms with Gasteiger partial charge in [0.25, 0.3) is 0 Å². The molecule has 0 atom stereocenters. The van der Waals surface area contributed by atoms with Gasteiger partial charge in [0, 0.05) is 54.5 Å². The molecule has 0 saturated carbocycles. The molecule has 3 heterocycles. The highest BCUT2D eigenvalue weighted by atomic mass is 15.0. The minimum absolute atomic E-state index is 0.205. The van der Waals surface area contributed by atoms with Gasteiger partial charge < -0.3 is 9.13 Å². The van der Waals surface area contributed by atoms with Crippen LogP contribution < -0.4 is 0 Å². The number of hydrogen-bond acceptors (Lipinski definition) is 2. The van der Waals surface area contributed by atoms with Crippen molar-refractivity contribution in [2.24, 2.45) is 0 Å². The van der Waals surface area contributed by atoms with Gasteiger partial charge in [-0.2, -0.15) is 0 Å². The third-order valence-electron chi connectivity index (χ3n) is 15.2. The zero-order chi connectivity index (χ0) is 45.5. The number of hydrogen-bond donors (Lipinski definition) is 0. The Labute approximate surface area is 398 Å². The number of nitrogens with zero attached hydrogens (tertiary/aromatic N) is 4. The molecule has 0 bridgehead atoms. The Hall–Kier alpha value is -8.86. The molecule has 0 unspecified atom stereocenters. The van der Waals surface area contributed by atoms with Crippen molar-refractivity contribution < 1.29 is 0 Å². The summed E-state index contributed by atoms with van der Waals surface area (Å²) in [7, 11) is 0. The highest BCUT2D eigenvalue weighted by Gasteiger charge is 2.38. The monoisotopic (exact) mass is 878 g/mol. The zero-order valence-corrected chi connectivity index (χ0v) is 38.1. The van der Waals surface area contributed by atoms with Gasteiger partial charge >= 0.3 is 0 Å². The van der Waals surface area contributed by atoms with Crippen LogP contribution in [0.15, 0.2) is 218 Å². The Kier molecular flexibility index (Phi) is 7.81. The highest BCUT2D eigenvalue weighted by Crippen LogP contribution is 2.53. The van der Waals surface area contributed by atoms with Crippen molar-refractivity contribution in [3.05, 3.63) is 230 Å². The average Bonchev–Trinajstić information content (AvgIpc) is 4.00. The smallest absolute Gasteiger partial charge is 0.0976 e. The Morgan fingerprint density at radius 2 is 1.00 bits per heavy atom. The highest BCUT2D eigenvalue weighted by molar-refractivity contribution is 6.19. The normalized spacial score (nSPS) is 13.2. The summed E-state index contributed by atoms with van der Waals surface area (Å²) < 4.78 is 4.93. The van der Waals surface area contributed by atoms with Crippen LogP contribution in [0.3, 0.4) is 0 Å². The van der Waals surface area contributed by atoms with Crippen molar-refractivity contribution in [2.45, 2.75) is 19.3 Å². The van der Waals surface area contributed by atoms with E-state index in [1.54, 1.807) is 0 Å². The summed E-state index contributed by atoms with van der Waals surface area (Å²) in [6.45, 7) is 4.69. The Morgan fingerprint density at radius 3 is 1.86 bits per heavy atom. The number of para-hydroxylation sites is 4. The molecule has 11 aromatic carbocycles. The predicted octanol–water partition coefficient (Wildman–Crippen LogP) is 16.9. The summed E-state index contributed by atoms with van der Waals surface area (Å²) in [6.07, 6.45) is 0. The van der Waals surface area contributed by atoms with Crippen molar-refractivity contribution in [3.63, 3.8) is 0 Å². The number of aromatic nitrogens is 4. The summed E-state index contributed by atoms with van der Waals surface area (Å²) in [5, 5.41) is 12.2. The topological polar surface area (TPSA) is 35.6 Å². The van der Waals surface area contributed by atoms with Crippen molar-refractivity contribution in [2.75, 3.05) is 0 Å². The van der Waals surface area contributed by atoms with Crippen LogP contribution in [0.2, 0.25) is 0 Å². The molecular formula is C65H42N4. The van der Waals surface area contributed by atoms with E-state index in [1.807, 2.05) is 6.07 Å². The molecule has 4 heteroatoms. The maximum Gasteiger partial charge on any atom is 0.0976 e. The van der Waals surface area contributed by atoms with Gasteiger partial charge in [-0.3, -0.25) is 0 Å². The van der Waals surface area contributed by atoms with Gasteiger partial charge in [0.1, 0.15) is 0 Å². The molecule has 4 nitrogen and oxygen atoms in total. The lowest BCUT2D eigenvalue weighted by Gasteiger charge is -2.25. The van der Waals surface area contributed by atoms with E-state index in [9.17, 15) is 0 Å². The predicted molar refractivity (Wildman–Crippen MR) is 289 cm³/mol. The second kappa shape index (κ2) is 14.1. The van der Waals surface area contributed by atoms with Crippen LogP contribution in [0.5, 0.6) is 0 Å². The van der Waals surface area contributed by atoms with E-state index in [1.165, 1.54) is 92.8 Å². The molecule has 0 amide bonds. The van der Waals surface area contributed by atoms with Crippen LogP contribution >= 0.6 is 0 Å². The van der Waals surface area contributed by atoms with Gasteiger partial charge in [0.15, 0.2) is 0 Å². The van der Waals surface area contributed by atoms with Gasteiger partial charge in [-0.25, -0.2) is 9.97 Å². The molecule has 0 spiro atoms.